The Morgan fingerprint density at radius 1 is 0.867 bits per heavy atom. The molecule has 1 aliphatic carbocycles. The van der Waals surface area contributed by atoms with Crippen molar-refractivity contribution in [2.75, 3.05) is 13.2 Å². The van der Waals surface area contributed by atoms with Crippen molar-refractivity contribution in [3.05, 3.63) is 101 Å². The molecule has 3 aromatic rings. The molecule has 6 N–H and O–H groups in total. The van der Waals surface area contributed by atoms with Gasteiger partial charge in [-0.15, -0.1) is 12.4 Å². The van der Waals surface area contributed by atoms with E-state index in [0.29, 0.717) is 16.3 Å². The Balaban J connectivity index is 0.00000552. The van der Waals surface area contributed by atoms with Gasteiger partial charge in [-0.3, -0.25) is 19.8 Å². The average Bonchev–Trinajstić information content (AvgIpc) is 3.04. The highest BCUT2D eigenvalue weighted by Gasteiger charge is 2.35. The molecule has 2 atom stereocenters. The molecule has 0 heterocycles. The number of nitrogens with one attached hydrogen (secondary N) is 4. The van der Waals surface area contributed by atoms with Crippen molar-refractivity contribution in [1.29, 1.82) is 5.41 Å². The number of nitrogens with two attached hydrogens (primary N) is 1. The van der Waals surface area contributed by atoms with Gasteiger partial charge in [0.25, 0.3) is 0 Å². The Morgan fingerprint density at radius 3 is 2.24 bits per heavy atom. The van der Waals surface area contributed by atoms with Crippen LogP contribution in [0.15, 0.2) is 78.9 Å². The molecule has 11 heteroatoms. The highest BCUT2D eigenvalue weighted by Crippen LogP contribution is 2.27. The summed E-state index contributed by atoms with van der Waals surface area (Å²) in [5.41, 5.74) is 7.79. The van der Waals surface area contributed by atoms with Gasteiger partial charge in [-0.1, -0.05) is 91.5 Å². The number of amides is 3. The number of benzene rings is 3. The lowest BCUT2D eigenvalue weighted by Crippen LogP contribution is -2.55. The fourth-order valence-corrected chi connectivity index (χ4v) is 5.58. The zero-order chi connectivity index (χ0) is 31.3. The third-order valence-electron chi connectivity index (χ3n) is 7.81. The first-order chi connectivity index (χ1) is 21.3. The van der Waals surface area contributed by atoms with Gasteiger partial charge in [-0.2, -0.15) is 0 Å². The van der Waals surface area contributed by atoms with Gasteiger partial charge >= 0.3 is 0 Å². The number of hydrogen-bond acceptors (Lipinski definition) is 5. The molecule has 4 rings (SSSR count). The van der Waals surface area contributed by atoms with Crippen molar-refractivity contribution < 1.29 is 19.1 Å². The quantitative estimate of drug-likeness (QED) is 0.0735. The first-order valence-electron chi connectivity index (χ1n) is 15.0. The normalized spacial score (nSPS) is 14.2. The maximum Gasteiger partial charge on any atom is 0.242 e. The predicted molar refractivity (Wildman–Crippen MR) is 179 cm³/mol. The Hall–Kier alpha value is -4.08. The summed E-state index contributed by atoms with van der Waals surface area (Å²) in [5.74, 6) is -1.81. The maximum atomic E-state index is 13.8. The lowest BCUT2D eigenvalue weighted by Gasteiger charge is -2.31. The second-order valence-corrected chi connectivity index (χ2v) is 11.5. The van der Waals surface area contributed by atoms with Crippen LogP contribution in [0.1, 0.15) is 48.8 Å². The van der Waals surface area contributed by atoms with Crippen molar-refractivity contribution in [3.8, 4) is 5.75 Å². The summed E-state index contributed by atoms with van der Waals surface area (Å²) in [6.07, 6.45) is 4.80. The molecule has 0 spiro atoms. The molecule has 2 unspecified atom stereocenters. The largest absolute Gasteiger partial charge is 0.492 e. The van der Waals surface area contributed by atoms with Crippen molar-refractivity contribution in [3.63, 3.8) is 0 Å². The van der Waals surface area contributed by atoms with Crippen molar-refractivity contribution in [1.82, 2.24) is 16.0 Å². The van der Waals surface area contributed by atoms with Crippen LogP contribution in [0.2, 0.25) is 5.02 Å². The Morgan fingerprint density at radius 2 is 1.58 bits per heavy atom. The van der Waals surface area contributed by atoms with Crippen LogP contribution >= 0.6 is 24.0 Å². The lowest BCUT2D eigenvalue weighted by molar-refractivity contribution is -0.138. The van der Waals surface area contributed by atoms with E-state index in [0.717, 1.165) is 43.2 Å². The third kappa shape index (κ3) is 11.1. The second kappa shape index (κ2) is 18.0. The highest BCUT2D eigenvalue weighted by atomic mass is 35.5. The molecule has 0 aliphatic heterocycles. The van der Waals surface area contributed by atoms with Gasteiger partial charge in [0.1, 0.15) is 30.2 Å². The van der Waals surface area contributed by atoms with Crippen LogP contribution < -0.4 is 26.4 Å². The molecule has 0 saturated heterocycles. The van der Waals surface area contributed by atoms with Gasteiger partial charge in [-0.05, 0) is 54.5 Å². The summed E-state index contributed by atoms with van der Waals surface area (Å²) in [7, 11) is 0. The Kier molecular flexibility index (Phi) is 14.2. The van der Waals surface area contributed by atoms with E-state index in [1.165, 1.54) is 0 Å². The summed E-state index contributed by atoms with van der Waals surface area (Å²) < 4.78 is 5.71. The topological polar surface area (TPSA) is 146 Å². The van der Waals surface area contributed by atoms with E-state index in [9.17, 15) is 14.4 Å². The number of carbonyl (C=O) groups excluding carboxylic acids is 3. The molecule has 45 heavy (non-hydrogen) atoms. The summed E-state index contributed by atoms with van der Waals surface area (Å²) in [6, 6.07) is 22.6. The van der Waals surface area contributed by atoms with Crippen LogP contribution in [0.5, 0.6) is 5.75 Å². The highest BCUT2D eigenvalue weighted by molar-refractivity contribution is 6.30. The molecular weight excluding hydrogens is 613 g/mol. The molecule has 1 fully saturated rings. The van der Waals surface area contributed by atoms with E-state index >= 15 is 0 Å². The summed E-state index contributed by atoms with van der Waals surface area (Å²) in [5, 5.41) is 17.0. The first-order valence-corrected chi connectivity index (χ1v) is 15.4. The number of ether oxygens (including phenoxy) is 1. The predicted octanol–water partition coefficient (Wildman–Crippen LogP) is 4.78. The van der Waals surface area contributed by atoms with Gasteiger partial charge in [0.15, 0.2) is 0 Å². The molecule has 1 saturated carbocycles. The van der Waals surface area contributed by atoms with Gasteiger partial charge in [0.2, 0.25) is 17.7 Å². The van der Waals surface area contributed by atoms with Crippen molar-refractivity contribution in [2.24, 2.45) is 17.6 Å². The number of carbonyl (C=O) groups is 3. The average molecular weight is 655 g/mol. The first kappa shape index (κ1) is 35.4. The van der Waals surface area contributed by atoms with E-state index in [-0.39, 0.29) is 56.2 Å². The summed E-state index contributed by atoms with van der Waals surface area (Å²) >= 11 is 6.02. The van der Waals surface area contributed by atoms with E-state index in [1.807, 2.05) is 30.3 Å². The minimum Gasteiger partial charge on any atom is -0.492 e. The third-order valence-corrected chi connectivity index (χ3v) is 8.05. The molecule has 9 nitrogen and oxygen atoms in total. The van der Waals surface area contributed by atoms with Gasteiger partial charge in [-0.25, -0.2) is 0 Å². The van der Waals surface area contributed by atoms with Gasteiger partial charge in [0.05, 0.1) is 6.54 Å². The van der Waals surface area contributed by atoms with Crippen LogP contribution in [0.3, 0.4) is 0 Å². The number of hydrogen-bond donors (Lipinski definition) is 5. The monoisotopic (exact) mass is 653 g/mol. The summed E-state index contributed by atoms with van der Waals surface area (Å²) in [4.78, 5) is 40.8. The van der Waals surface area contributed by atoms with Crippen LogP contribution in [0.4, 0.5) is 0 Å². The molecule has 0 aromatic heterocycles. The van der Waals surface area contributed by atoms with Gasteiger partial charge in [0, 0.05) is 17.1 Å². The lowest BCUT2D eigenvalue weighted by atomic mass is 9.83. The minimum absolute atomic E-state index is 0. The van der Waals surface area contributed by atoms with Gasteiger partial charge < -0.3 is 26.4 Å². The van der Waals surface area contributed by atoms with Crippen LogP contribution in [-0.2, 0) is 27.3 Å². The van der Waals surface area contributed by atoms with E-state index < -0.39 is 23.8 Å². The SMILES string of the molecule is Cl.N=C(N)c1ccc(CC(C(=O)NCc2ccccc2)C(=O)NC(C(=O)NCCOc2cccc(Cl)c2)C2CCCCC2)cc1. The number of nitrogen functional groups attached to an aromatic ring is 1. The molecule has 0 radical (unpaired) electrons. The second-order valence-electron chi connectivity index (χ2n) is 11.1. The molecule has 240 valence electrons. The molecule has 0 bridgehead atoms. The molecule has 3 aromatic carbocycles. The summed E-state index contributed by atoms with van der Waals surface area (Å²) in [6.45, 7) is 0.748. The van der Waals surface area contributed by atoms with Crippen molar-refractivity contribution in [2.45, 2.75) is 51.1 Å². The minimum atomic E-state index is -1.08. The Bertz CT molecular complexity index is 1420. The maximum absolute atomic E-state index is 13.8. The number of rotatable bonds is 14. The van der Waals surface area contributed by atoms with E-state index in [1.54, 1.807) is 48.5 Å². The molecule has 1 aliphatic rings. The zero-order valence-corrected chi connectivity index (χ0v) is 26.7. The zero-order valence-electron chi connectivity index (χ0n) is 25.1. The molecule has 3 amide bonds. The smallest absolute Gasteiger partial charge is 0.242 e. The number of amidine groups is 1. The van der Waals surface area contributed by atoms with Crippen LogP contribution in [-0.4, -0.2) is 42.8 Å². The molecular formula is C34H41Cl2N5O4. The van der Waals surface area contributed by atoms with Crippen molar-refractivity contribution >= 4 is 47.6 Å². The standard InChI is InChI=1S/C34H40ClN5O4.ClH/c35-27-12-7-13-28(21-27)44-19-18-38-34(43)30(25-10-5-2-6-11-25)40-33(42)29(20-23-14-16-26(17-15-23)31(36)37)32(41)39-22-24-8-3-1-4-9-24;/h1,3-4,7-9,12-17,21,25,29-30H,2,5-6,10-11,18-20,22H2,(H3,36,37)(H,38,43)(H,39,41)(H,40,42);1H. The fourth-order valence-electron chi connectivity index (χ4n) is 5.40. The van der Waals surface area contributed by atoms with Crippen LogP contribution in [0.25, 0.3) is 0 Å². The van der Waals surface area contributed by atoms with E-state index in [4.69, 9.17) is 27.5 Å². The van der Waals surface area contributed by atoms with E-state index in [2.05, 4.69) is 16.0 Å². The van der Waals surface area contributed by atoms with Crippen LogP contribution in [0, 0.1) is 17.2 Å². The number of halogens is 2. The Labute approximate surface area is 275 Å². The fraction of sp³-hybridized carbons (Fsp3) is 0.353.